The minimum atomic E-state index is -0.810. The van der Waals surface area contributed by atoms with Gasteiger partial charge in [0, 0.05) is 26.1 Å². The molecule has 106 valence electrons. The quantitative estimate of drug-likeness (QED) is 0.813. The number of hydrogen-bond acceptors (Lipinski definition) is 5. The first-order chi connectivity index (χ1) is 9.61. The molecule has 1 spiro atoms. The highest BCUT2D eigenvalue weighted by Crippen LogP contribution is 2.29. The van der Waals surface area contributed by atoms with Gasteiger partial charge in [0.1, 0.15) is 10.7 Å². The number of hydrogen-bond donors (Lipinski definition) is 1. The van der Waals surface area contributed by atoms with Crippen molar-refractivity contribution in [1.82, 2.24) is 20.2 Å². The van der Waals surface area contributed by atoms with Gasteiger partial charge in [-0.3, -0.25) is 14.7 Å². The van der Waals surface area contributed by atoms with Crippen molar-refractivity contribution in [3.05, 3.63) is 23.2 Å². The average molecular weight is 297 g/mol. The molecule has 0 aromatic carbocycles. The number of amides is 3. The summed E-state index contributed by atoms with van der Waals surface area (Å²) in [6, 6.07) is -0.395. The zero-order valence-corrected chi connectivity index (χ0v) is 11.4. The van der Waals surface area contributed by atoms with Crippen molar-refractivity contribution in [2.75, 3.05) is 13.2 Å². The van der Waals surface area contributed by atoms with Crippen LogP contribution >= 0.6 is 11.6 Å². The third-order valence-corrected chi connectivity index (χ3v) is 3.78. The zero-order valence-electron chi connectivity index (χ0n) is 10.6. The summed E-state index contributed by atoms with van der Waals surface area (Å²) in [7, 11) is 0. The summed E-state index contributed by atoms with van der Waals surface area (Å²) in [5.74, 6) is -0.220. The third kappa shape index (κ3) is 2.23. The lowest BCUT2D eigenvalue weighted by Crippen LogP contribution is -2.51. The second kappa shape index (κ2) is 4.99. The van der Waals surface area contributed by atoms with E-state index in [-0.39, 0.29) is 17.6 Å². The second-order valence-electron chi connectivity index (χ2n) is 4.85. The highest BCUT2D eigenvalue weighted by Gasteiger charge is 2.51. The van der Waals surface area contributed by atoms with Crippen molar-refractivity contribution in [3.8, 4) is 0 Å². The molecule has 1 aromatic heterocycles. The lowest BCUT2D eigenvalue weighted by molar-refractivity contribution is -0.135. The molecule has 20 heavy (non-hydrogen) atoms. The first-order valence-electron chi connectivity index (χ1n) is 6.29. The predicted molar refractivity (Wildman–Crippen MR) is 68.9 cm³/mol. The maximum absolute atomic E-state index is 12.5. The molecule has 3 rings (SSSR count). The Kier molecular flexibility index (Phi) is 3.31. The van der Waals surface area contributed by atoms with Crippen LogP contribution in [0.4, 0.5) is 4.79 Å². The molecule has 3 heterocycles. The Labute approximate surface area is 120 Å². The molecule has 7 nitrogen and oxygen atoms in total. The van der Waals surface area contributed by atoms with Crippen LogP contribution in [0.2, 0.25) is 5.15 Å². The van der Waals surface area contributed by atoms with E-state index < -0.39 is 11.6 Å². The Bertz CT molecular complexity index is 542. The van der Waals surface area contributed by atoms with Gasteiger partial charge in [-0.05, 0) is 0 Å². The van der Waals surface area contributed by atoms with Gasteiger partial charge < -0.3 is 10.1 Å². The molecular formula is C12H13ClN4O3. The highest BCUT2D eigenvalue weighted by molar-refractivity contribution is 6.29. The number of carbonyl (C=O) groups excluding carboxylic acids is 2. The number of nitrogens with one attached hydrogen (secondary N) is 1. The molecule has 0 atom stereocenters. The standard InChI is InChI=1S/C12H13ClN4O3/c13-9-6-14-8(5-15-9)7-17-10(18)12(16-11(17)19)1-3-20-4-2-12/h5-6H,1-4,7H2,(H,16,19). The summed E-state index contributed by atoms with van der Waals surface area (Å²) in [5, 5.41) is 3.05. The molecule has 0 bridgehead atoms. The Morgan fingerprint density at radius 3 is 2.70 bits per heavy atom. The number of imide groups is 1. The van der Waals surface area contributed by atoms with Crippen molar-refractivity contribution < 1.29 is 14.3 Å². The molecule has 2 aliphatic heterocycles. The summed E-state index contributed by atoms with van der Waals surface area (Å²) in [6.07, 6.45) is 3.85. The van der Waals surface area contributed by atoms with E-state index >= 15 is 0 Å². The normalized spacial score (nSPS) is 21.4. The van der Waals surface area contributed by atoms with Gasteiger partial charge in [0.05, 0.1) is 24.6 Å². The fourth-order valence-corrected chi connectivity index (χ4v) is 2.56. The smallest absolute Gasteiger partial charge is 0.325 e. The van der Waals surface area contributed by atoms with Crippen LogP contribution in [-0.2, 0) is 16.1 Å². The fraction of sp³-hybridized carbons (Fsp3) is 0.500. The van der Waals surface area contributed by atoms with Crippen LogP contribution in [0.1, 0.15) is 18.5 Å². The van der Waals surface area contributed by atoms with E-state index in [0.717, 1.165) is 0 Å². The fourth-order valence-electron chi connectivity index (χ4n) is 2.46. The molecule has 0 saturated carbocycles. The number of urea groups is 1. The Hall–Kier alpha value is -1.73. The number of aromatic nitrogens is 2. The van der Waals surface area contributed by atoms with Gasteiger partial charge in [0.25, 0.3) is 5.91 Å². The van der Waals surface area contributed by atoms with Crippen molar-refractivity contribution in [3.63, 3.8) is 0 Å². The van der Waals surface area contributed by atoms with Gasteiger partial charge in [-0.15, -0.1) is 0 Å². The number of halogens is 1. The summed E-state index contributed by atoms with van der Waals surface area (Å²) >= 11 is 5.65. The molecule has 2 fully saturated rings. The van der Waals surface area contributed by atoms with Gasteiger partial charge >= 0.3 is 6.03 Å². The summed E-state index contributed by atoms with van der Waals surface area (Å²) < 4.78 is 5.25. The van der Waals surface area contributed by atoms with Gasteiger partial charge in [0.2, 0.25) is 0 Å². The van der Waals surface area contributed by atoms with Crippen molar-refractivity contribution in [2.45, 2.75) is 24.9 Å². The van der Waals surface area contributed by atoms with Crippen molar-refractivity contribution in [1.29, 1.82) is 0 Å². The van der Waals surface area contributed by atoms with Crippen LogP contribution in [0.15, 0.2) is 12.4 Å². The largest absolute Gasteiger partial charge is 0.381 e. The van der Waals surface area contributed by atoms with Gasteiger partial charge in [-0.2, -0.15) is 0 Å². The third-order valence-electron chi connectivity index (χ3n) is 3.59. The number of ether oxygens (including phenoxy) is 1. The van der Waals surface area contributed by atoms with E-state index in [4.69, 9.17) is 16.3 Å². The molecule has 1 aromatic rings. The summed E-state index contributed by atoms with van der Waals surface area (Å²) in [4.78, 5) is 33.6. The predicted octanol–water partition coefficient (Wildman–Crippen LogP) is 0.731. The lowest BCUT2D eigenvalue weighted by atomic mass is 9.90. The molecule has 2 saturated heterocycles. The summed E-state index contributed by atoms with van der Waals surface area (Å²) in [6.45, 7) is 1.04. The van der Waals surface area contributed by atoms with Gasteiger partial charge in [-0.25, -0.2) is 9.78 Å². The monoisotopic (exact) mass is 296 g/mol. The second-order valence-corrected chi connectivity index (χ2v) is 5.23. The van der Waals surface area contributed by atoms with Crippen molar-refractivity contribution in [2.24, 2.45) is 0 Å². The molecule has 1 N–H and O–H groups in total. The maximum atomic E-state index is 12.5. The minimum Gasteiger partial charge on any atom is -0.381 e. The van der Waals surface area contributed by atoms with E-state index in [0.29, 0.717) is 31.7 Å². The van der Waals surface area contributed by atoms with Crippen molar-refractivity contribution >= 4 is 23.5 Å². The first kappa shape index (κ1) is 13.3. The molecule has 0 aliphatic carbocycles. The van der Waals surface area contributed by atoms with Gasteiger partial charge in [-0.1, -0.05) is 11.6 Å². The highest BCUT2D eigenvalue weighted by atomic mass is 35.5. The van der Waals surface area contributed by atoms with E-state index in [9.17, 15) is 9.59 Å². The molecular weight excluding hydrogens is 284 g/mol. The maximum Gasteiger partial charge on any atom is 0.325 e. The SMILES string of the molecule is O=C1NC2(CCOCC2)C(=O)N1Cc1cnc(Cl)cn1. The van der Waals surface area contributed by atoms with E-state index in [1.807, 2.05) is 0 Å². The Balaban J connectivity index is 1.78. The molecule has 0 unspecified atom stereocenters. The van der Waals surface area contributed by atoms with E-state index in [1.165, 1.54) is 17.3 Å². The molecule has 0 radical (unpaired) electrons. The van der Waals surface area contributed by atoms with E-state index in [2.05, 4.69) is 15.3 Å². The molecule has 2 aliphatic rings. The van der Waals surface area contributed by atoms with Gasteiger partial charge in [0.15, 0.2) is 0 Å². The molecule has 3 amide bonds. The zero-order chi connectivity index (χ0) is 14.2. The minimum absolute atomic E-state index is 0.0947. The lowest BCUT2D eigenvalue weighted by Gasteiger charge is -2.30. The first-order valence-corrected chi connectivity index (χ1v) is 6.67. The molecule has 8 heteroatoms. The Morgan fingerprint density at radius 1 is 1.30 bits per heavy atom. The summed E-state index contributed by atoms with van der Waals surface area (Å²) in [5.41, 5.74) is -0.295. The number of carbonyl (C=O) groups is 2. The van der Waals surface area contributed by atoms with Crippen LogP contribution in [0.3, 0.4) is 0 Å². The van der Waals surface area contributed by atoms with Crippen LogP contribution in [0.25, 0.3) is 0 Å². The van der Waals surface area contributed by atoms with E-state index in [1.54, 1.807) is 0 Å². The number of nitrogens with zero attached hydrogens (tertiary/aromatic N) is 3. The van der Waals surface area contributed by atoms with Crippen LogP contribution < -0.4 is 5.32 Å². The average Bonchev–Trinajstić information content (AvgIpc) is 2.67. The number of rotatable bonds is 2. The Morgan fingerprint density at radius 2 is 2.05 bits per heavy atom. The van der Waals surface area contributed by atoms with Crippen LogP contribution in [0, 0.1) is 0 Å². The topological polar surface area (TPSA) is 84.4 Å². The van der Waals surface area contributed by atoms with Crippen LogP contribution in [-0.4, -0.2) is 45.6 Å². The van der Waals surface area contributed by atoms with Crippen LogP contribution in [0.5, 0.6) is 0 Å².